The summed E-state index contributed by atoms with van der Waals surface area (Å²) in [6.45, 7) is 5.53. The molecule has 0 spiro atoms. The SMILES string of the molecule is N=c1n(CCN2CCCCC2)c2ccccc2n1CCC12CC3CC(CC(C3)C1)C2. The number of nitrogens with zero attached hydrogens (tertiary/aromatic N) is 3. The molecule has 1 aliphatic heterocycles. The fourth-order valence-corrected chi connectivity index (χ4v) is 8.12. The summed E-state index contributed by atoms with van der Waals surface area (Å²) in [6, 6.07) is 8.76. The maximum absolute atomic E-state index is 9.04. The minimum atomic E-state index is 0.588. The molecule has 162 valence electrons. The highest BCUT2D eigenvalue weighted by Crippen LogP contribution is 2.61. The highest BCUT2D eigenvalue weighted by atomic mass is 15.2. The largest absolute Gasteiger partial charge is 0.310 e. The number of hydrogen-bond donors (Lipinski definition) is 1. The number of hydrogen-bond acceptors (Lipinski definition) is 2. The summed E-state index contributed by atoms with van der Waals surface area (Å²) in [4.78, 5) is 2.59. The van der Waals surface area contributed by atoms with Gasteiger partial charge in [-0.1, -0.05) is 18.6 Å². The quantitative estimate of drug-likeness (QED) is 0.719. The maximum Gasteiger partial charge on any atom is 0.203 e. The number of imidazole rings is 1. The zero-order valence-electron chi connectivity index (χ0n) is 18.5. The summed E-state index contributed by atoms with van der Waals surface area (Å²) in [5.74, 6) is 3.05. The van der Waals surface area contributed by atoms with Gasteiger partial charge < -0.3 is 14.0 Å². The molecular weight excluding hydrogens is 368 g/mol. The Morgan fingerprint density at radius 1 is 0.767 bits per heavy atom. The van der Waals surface area contributed by atoms with Crippen LogP contribution in [0.25, 0.3) is 11.0 Å². The normalized spacial score (nSPS) is 33.5. The Hall–Kier alpha value is -1.55. The topological polar surface area (TPSA) is 37.0 Å². The highest BCUT2D eigenvalue weighted by Gasteiger charge is 2.50. The van der Waals surface area contributed by atoms with Crippen LogP contribution >= 0.6 is 0 Å². The summed E-state index contributed by atoms with van der Waals surface area (Å²) < 4.78 is 4.62. The molecule has 0 amide bonds. The molecule has 0 atom stereocenters. The molecule has 1 N–H and O–H groups in total. The molecule has 1 saturated heterocycles. The molecule has 0 unspecified atom stereocenters. The van der Waals surface area contributed by atoms with Gasteiger partial charge in [0.05, 0.1) is 11.0 Å². The molecule has 4 bridgehead atoms. The van der Waals surface area contributed by atoms with Gasteiger partial charge in [-0.2, -0.15) is 0 Å². The van der Waals surface area contributed by atoms with Gasteiger partial charge in [0.25, 0.3) is 0 Å². The van der Waals surface area contributed by atoms with Gasteiger partial charge in [-0.3, -0.25) is 5.41 Å². The Balaban J connectivity index is 1.23. The molecule has 1 aromatic heterocycles. The lowest BCUT2D eigenvalue weighted by Gasteiger charge is -2.57. The predicted octanol–water partition coefficient (Wildman–Crippen LogP) is 5.01. The van der Waals surface area contributed by atoms with Gasteiger partial charge in [-0.25, -0.2) is 0 Å². The van der Waals surface area contributed by atoms with Crippen LogP contribution in [0.1, 0.15) is 64.2 Å². The van der Waals surface area contributed by atoms with E-state index in [1.54, 1.807) is 0 Å². The minimum absolute atomic E-state index is 0.588. The number of piperidine rings is 1. The Morgan fingerprint density at radius 3 is 1.93 bits per heavy atom. The van der Waals surface area contributed by atoms with Crippen molar-refractivity contribution in [3.8, 4) is 0 Å². The first-order valence-electron chi connectivity index (χ1n) is 12.6. The average Bonchev–Trinajstić information content (AvgIpc) is 3.01. The lowest BCUT2D eigenvalue weighted by molar-refractivity contribution is -0.0592. The molecule has 7 rings (SSSR count). The van der Waals surface area contributed by atoms with Crippen LogP contribution in [0.3, 0.4) is 0 Å². The predicted molar refractivity (Wildman–Crippen MR) is 121 cm³/mol. The van der Waals surface area contributed by atoms with Crippen molar-refractivity contribution in [2.45, 2.75) is 77.3 Å². The molecule has 4 nitrogen and oxygen atoms in total. The molecule has 4 heteroatoms. The zero-order chi connectivity index (χ0) is 20.1. The van der Waals surface area contributed by atoms with Gasteiger partial charge in [0, 0.05) is 19.6 Å². The number of fused-ring (bicyclic) bond motifs is 1. The van der Waals surface area contributed by atoms with E-state index in [-0.39, 0.29) is 0 Å². The first-order chi connectivity index (χ1) is 14.7. The highest BCUT2D eigenvalue weighted by molar-refractivity contribution is 5.75. The van der Waals surface area contributed by atoms with Crippen molar-refractivity contribution in [1.29, 1.82) is 5.41 Å². The third kappa shape index (κ3) is 3.36. The molecule has 30 heavy (non-hydrogen) atoms. The summed E-state index contributed by atoms with van der Waals surface area (Å²) in [5, 5.41) is 9.04. The standard InChI is InChI=1S/C26H38N4/c27-25-29(11-8-26-17-20-14-21(18-26)16-22(15-20)19-26)23-6-2-3-7-24(23)30(25)13-12-28-9-4-1-5-10-28/h2-3,6-7,20-22,27H,1,4-5,8-19H2. The number of para-hydroxylation sites is 2. The van der Waals surface area contributed by atoms with E-state index >= 15 is 0 Å². The second-order valence-corrected chi connectivity index (χ2v) is 11.2. The minimum Gasteiger partial charge on any atom is -0.310 e. The van der Waals surface area contributed by atoms with Gasteiger partial charge >= 0.3 is 0 Å². The van der Waals surface area contributed by atoms with Gasteiger partial charge in [-0.15, -0.1) is 0 Å². The molecule has 5 fully saturated rings. The first kappa shape index (κ1) is 19.2. The van der Waals surface area contributed by atoms with E-state index in [1.807, 2.05) is 0 Å². The van der Waals surface area contributed by atoms with Crippen molar-refractivity contribution in [2.75, 3.05) is 19.6 Å². The van der Waals surface area contributed by atoms with Crippen LogP contribution in [0.5, 0.6) is 0 Å². The molecule has 2 aromatic rings. The molecule has 4 saturated carbocycles. The van der Waals surface area contributed by atoms with E-state index in [0.29, 0.717) is 5.41 Å². The second kappa shape index (κ2) is 7.55. The van der Waals surface area contributed by atoms with Crippen LogP contribution < -0.4 is 5.62 Å². The van der Waals surface area contributed by atoms with E-state index < -0.39 is 0 Å². The summed E-state index contributed by atoms with van der Waals surface area (Å²) in [6.07, 6.45) is 14.3. The van der Waals surface area contributed by atoms with Gasteiger partial charge in [0.1, 0.15) is 0 Å². The Bertz CT molecular complexity index is 926. The monoisotopic (exact) mass is 406 g/mol. The lowest BCUT2D eigenvalue weighted by Crippen LogP contribution is -2.46. The lowest BCUT2D eigenvalue weighted by atomic mass is 9.49. The van der Waals surface area contributed by atoms with Crippen LogP contribution in [0.2, 0.25) is 0 Å². The number of aryl methyl sites for hydroxylation is 1. The number of aromatic nitrogens is 2. The number of rotatable bonds is 6. The van der Waals surface area contributed by atoms with E-state index in [0.717, 1.165) is 43.0 Å². The fourth-order valence-electron chi connectivity index (χ4n) is 8.12. The van der Waals surface area contributed by atoms with Crippen molar-refractivity contribution in [1.82, 2.24) is 14.0 Å². The third-order valence-electron chi connectivity index (χ3n) is 9.09. The van der Waals surface area contributed by atoms with E-state index in [2.05, 4.69) is 38.3 Å². The van der Waals surface area contributed by atoms with Crippen LogP contribution in [0, 0.1) is 28.6 Å². The Morgan fingerprint density at radius 2 is 1.33 bits per heavy atom. The Labute approximate surface area is 180 Å². The number of likely N-dealkylation sites (tertiary alicyclic amines) is 1. The average molecular weight is 407 g/mol. The van der Waals surface area contributed by atoms with Crippen LogP contribution in [0.15, 0.2) is 24.3 Å². The third-order valence-corrected chi connectivity index (χ3v) is 9.09. The van der Waals surface area contributed by atoms with Crippen LogP contribution in [0.4, 0.5) is 0 Å². The molecule has 2 heterocycles. The number of benzene rings is 1. The smallest absolute Gasteiger partial charge is 0.203 e. The zero-order valence-corrected chi connectivity index (χ0v) is 18.5. The molecule has 4 aliphatic carbocycles. The second-order valence-electron chi connectivity index (χ2n) is 11.2. The van der Waals surface area contributed by atoms with Crippen molar-refractivity contribution in [3.05, 3.63) is 29.9 Å². The Kier molecular flexibility index (Phi) is 4.82. The maximum atomic E-state index is 9.04. The first-order valence-corrected chi connectivity index (χ1v) is 12.6. The van der Waals surface area contributed by atoms with Gasteiger partial charge in [0.2, 0.25) is 5.62 Å². The van der Waals surface area contributed by atoms with Crippen LogP contribution in [-0.2, 0) is 13.1 Å². The van der Waals surface area contributed by atoms with Crippen molar-refractivity contribution >= 4 is 11.0 Å². The molecule has 0 radical (unpaired) electrons. The summed E-state index contributed by atoms with van der Waals surface area (Å²) >= 11 is 0. The molecular formula is C26H38N4. The number of nitrogens with one attached hydrogen (secondary N) is 1. The molecule has 5 aliphatic rings. The van der Waals surface area contributed by atoms with Gasteiger partial charge in [0.15, 0.2) is 0 Å². The van der Waals surface area contributed by atoms with E-state index in [1.165, 1.54) is 88.3 Å². The summed E-state index contributed by atoms with van der Waals surface area (Å²) in [5.41, 5.74) is 3.83. The van der Waals surface area contributed by atoms with Crippen molar-refractivity contribution in [3.63, 3.8) is 0 Å². The fraction of sp³-hybridized carbons (Fsp3) is 0.731. The van der Waals surface area contributed by atoms with Crippen molar-refractivity contribution < 1.29 is 0 Å². The van der Waals surface area contributed by atoms with Crippen molar-refractivity contribution in [2.24, 2.45) is 23.2 Å². The molecule has 1 aromatic carbocycles. The van der Waals surface area contributed by atoms with E-state index in [9.17, 15) is 0 Å². The van der Waals surface area contributed by atoms with Crippen LogP contribution in [-0.4, -0.2) is 33.7 Å². The van der Waals surface area contributed by atoms with E-state index in [4.69, 9.17) is 5.41 Å². The van der Waals surface area contributed by atoms with Gasteiger partial charge in [-0.05, 0) is 106 Å². The summed E-state index contributed by atoms with van der Waals surface area (Å²) in [7, 11) is 0.